The van der Waals surface area contributed by atoms with Crippen molar-refractivity contribution in [1.82, 2.24) is 15.1 Å². The first-order valence-corrected chi connectivity index (χ1v) is 5.72. The molecule has 1 aromatic rings. The molecule has 0 unspecified atom stereocenters. The summed E-state index contributed by atoms with van der Waals surface area (Å²) in [5.74, 6) is 0.799. The topological polar surface area (TPSA) is 41.9 Å². The molecule has 0 aromatic carbocycles. The van der Waals surface area contributed by atoms with Crippen LogP contribution in [0.15, 0.2) is 12.3 Å². The van der Waals surface area contributed by atoms with Crippen molar-refractivity contribution >= 4 is 23.1 Å². The van der Waals surface area contributed by atoms with Crippen LogP contribution in [-0.2, 0) is 7.05 Å². The number of rotatable bonds is 2. The summed E-state index contributed by atoms with van der Waals surface area (Å²) in [6.45, 7) is 0. The quantitative estimate of drug-likeness (QED) is 0.750. The van der Waals surface area contributed by atoms with Crippen molar-refractivity contribution in [2.75, 3.05) is 5.32 Å². The van der Waals surface area contributed by atoms with E-state index >= 15 is 0 Å². The van der Waals surface area contributed by atoms with Crippen LogP contribution in [0.5, 0.6) is 0 Å². The van der Waals surface area contributed by atoms with Crippen molar-refractivity contribution in [2.45, 2.75) is 31.7 Å². The molecule has 2 rings (SSSR count). The molecule has 5 heteroatoms. The molecule has 0 bridgehead atoms. The van der Waals surface area contributed by atoms with Gasteiger partial charge < -0.3 is 10.6 Å². The second-order valence-electron chi connectivity index (χ2n) is 3.95. The van der Waals surface area contributed by atoms with Crippen LogP contribution < -0.4 is 10.6 Å². The van der Waals surface area contributed by atoms with Gasteiger partial charge in [-0.1, -0.05) is 12.8 Å². The Kier molecular flexibility index (Phi) is 3.20. The molecule has 0 saturated heterocycles. The molecule has 1 saturated carbocycles. The van der Waals surface area contributed by atoms with Crippen LogP contribution in [0, 0.1) is 0 Å². The Morgan fingerprint density at radius 1 is 1.53 bits per heavy atom. The van der Waals surface area contributed by atoms with Crippen molar-refractivity contribution in [1.29, 1.82) is 0 Å². The van der Waals surface area contributed by atoms with E-state index in [2.05, 4.69) is 15.7 Å². The lowest BCUT2D eigenvalue weighted by Crippen LogP contribution is -2.36. The van der Waals surface area contributed by atoms with Crippen molar-refractivity contribution in [2.24, 2.45) is 7.05 Å². The highest BCUT2D eigenvalue weighted by molar-refractivity contribution is 7.80. The van der Waals surface area contributed by atoms with E-state index in [1.807, 2.05) is 19.3 Å². The van der Waals surface area contributed by atoms with Gasteiger partial charge in [-0.3, -0.25) is 4.68 Å². The lowest BCUT2D eigenvalue weighted by molar-refractivity contribution is 0.634. The molecule has 82 valence electrons. The minimum atomic E-state index is 0.550. The third kappa shape index (κ3) is 2.92. The summed E-state index contributed by atoms with van der Waals surface area (Å²) in [6, 6.07) is 2.46. The van der Waals surface area contributed by atoms with Crippen LogP contribution in [0.1, 0.15) is 25.7 Å². The molecule has 4 nitrogen and oxygen atoms in total. The highest BCUT2D eigenvalue weighted by atomic mass is 32.1. The third-order valence-electron chi connectivity index (χ3n) is 2.65. The predicted octanol–water partition coefficient (Wildman–Crippen LogP) is 1.65. The fraction of sp³-hybridized carbons (Fsp3) is 0.600. The summed E-state index contributed by atoms with van der Waals surface area (Å²) in [6.07, 6.45) is 6.96. The summed E-state index contributed by atoms with van der Waals surface area (Å²) in [7, 11) is 1.89. The number of aryl methyl sites for hydroxylation is 1. The Hall–Kier alpha value is -1.10. The normalized spacial score (nSPS) is 16.6. The maximum atomic E-state index is 5.21. The van der Waals surface area contributed by atoms with Gasteiger partial charge in [0.05, 0.1) is 0 Å². The first-order chi connectivity index (χ1) is 7.24. The van der Waals surface area contributed by atoms with Crippen LogP contribution in [0.25, 0.3) is 0 Å². The van der Waals surface area contributed by atoms with Gasteiger partial charge in [0.2, 0.25) is 0 Å². The maximum Gasteiger partial charge on any atom is 0.172 e. The van der Waals surface area contributed by atoms with Gasteiger partial charge in [-0.15, -0.1) is 0 Å². The molecule has 1 aliphatic carbocycles. The van der Waals surface area contributed by atoms with Gasteiger partial charge >= 0.3 is 0 Å². The van der Waals surface area contributed by atoms with Crippen molar-refractivity contribution in [3.05, 3.63) is 12.3 Å². The zero-order chi connectivity index (χ0) is 10.7. The van der Waals surface area contributed by atoms with Crippen LogP contribution in [-0.4, -0.2) is 20.9 Å². The summed E-state index contributed by atoms with van der Waals surface area (Å²) in [5.41, 5.74) is 0. The molecule has 0 radical (unpaired) electrons. The molecule has 0 aliphatic heterocycles. The largest absolute Gasteiger partial charge is 0.360 e. The minimum Gasteiger partial charge on any atom is -0.360 e. The summed E-state index contributed by atoms with van der Waals surface area (Å²) in [5, 5.41) is 11.3. The molecule has 0 spiro atoms. The smallest absolute Gasteiger partial charge is 0.172 e. The Morgan fingerprint density at radius 3 is 2.87 bits per heavy atom. The first-order valence-electron chi connectivity index (χ1n) is 5.31. The Labute approximate surface area is 95.0 Å². The predicted molar refractivity (Wildman–Crippen MR) is 64.8 cm³/mol. The van der Waals surface area contributed by atoms with E-state index in [4.69, 9.17) is 12.2 Å². The highest BCUT2D eigenvalue weighted by Gasteiger charge is 2.15. The monoisotopic (exact) mass is 224 g/mol. The van der Waals surface area contributed by atoms with Gasteiger partial charge in [0.25, 0.3) is 0 Å². The Balaban J connectivity index is 1.81. The SMILES string of the molecule is Cn1ccc(NC(=S)NC2CCCC2)n1. The molecule has 15 heavy (non-hydrogen) atoms. The average Bonchev–Trinajstić information content (AvgIpc) is 2.77. The van der Waals surface area contributed by atoms with Crippen LogP contribution >= 0.6 is 12.2 Å². The summed E-state index contributed by atoms with van der Waals surface area (Å²) >= 11 is 5.21. The molecular formula is C10H16N4S. The van der Waals surface area contributed by atoms with Crippen molar-refractivity contribution in [3.63, 3.8) is 0 Å². The number of aromatic nitrogens is 2. The van der Waals surface area contributed by atoms with E-state index in [-0.39, 0.29) is 0 Å². The third-order valence-corrected chi connectivity index (χ3v) is 2.87. The van der Waals surface area contributed by atoms with E-state index in [0.717, 1.165) is 5.82 Å². The fourth-order valence-electron chi connectivity index (χ4n) is 1.89. The van der Waals surface area contributed by atoms with Gasteiger partial charge in [0, 0.05) is 25.4 Å². The second-order valence-corrected chi connectivity index (χ2v) is 4.36. The minimum absolute atomic E-state index is 0.550. The van der Waals surface area contributed by atoms with Gasteiger partial charge in [-0.05, 0) is 25.1 Å². The van der Waals surface area contributed by atoms with Crippen LogP contribution in [0.4, 0.5) is 5.82 Å². The van der Waals surface area contributed by atoms with E-state index in [9.17, 15) is 0 Å². The van der Waals surface area contributed by atoms with Crippen molar-refractivity contribution < 1.29 is 0 Å². The van der Waals surface area contributed by atoms with E-state index in [0.29, 0.717) is 11.2 Å². The number of nitrogens with zero attached hydrogens (tertiary/aromatic N) is 2. The standard InChI is InChI=1S/C10H16N4S/c1-14-7-6-9(13-14)12-10(15)11-8-4-2-3-5-8/h6-8H,2-5H2,1H3,(H2,11,12,13,15). The van der Waals surface area contributed by atoms with E-state index in [1.165, 1.54) is 25.7 Å². The molecule has 0 atom stereocenters. The Bertz CT molecular complexity index is 341. The fourth-order valence-corrected chi connectivity index (χ4v) is 2.16. The zero-order valence-corrected chi connectivity index (χ0v) is 9.68. The average molecular weight is 224 g/mol. The highest BCUT2D eigenvalue weighted by Crippen LogP contribution is 2.17. The number of anilines is 1. The molecule has 0 amide bonds. The van der Waals surface area contributed by atoms with Gasteiger partial charge in [-0.25, -0.2) is 0 Å². The van der Waals surface area contributed by atoms with Crippen molar-refractivity contribution in [3.8, 4) is 0 Å². The Morgan fingerprint density at radius 2 is 2.27 bits per heavy atom. The molecule has 1 aliphatic rings. The molecular weight excluding hydrogens is 208 g/mol. The first kappa shape index (κ1) is 10.4. The number of thiocarbonyl (C=S) groups is 1. The van der Waals surface area contributed by atoms with Gasteiger partial charge in [0.15, 0.2) is 10.9 Å². The maximum absolute atomic E-state index is 5.21. The lowest BCUT2D eigenvalue weighted by Gasteiger charge is -2.14. The van der Waals surface area contributed by atoms with Gasteiger partial charge in [0.1, 0.15) is 0 Å². The number of hydrogen-bond donors (Lipinski definition) is 2. The molecule has 2 N–H and O–H groups in total. The van der Waals surface area contributed by atoms with E-state index < -0.39 is 0 Å². The number of hydrogen-bond acceptors (Lipinski definition) is 2. The van der Waals surface area contributed by atoms with E-state index in [1.54, 1.807) is 4.68 Å². The molecule has 1 aromatic heterocycles. The van der Waals surface area contributed by atoms with Crippen LogP contribution in [0.2, 0.25) is 0 Å². The summed E-state index contributed by atoms with van der Waals surface area (Å²) < 4.78 is 1.75. The number of nitrogens with one attached hydrogen (secondary N) is 2. The second kappa shape index (κ2) is 4.61. The summed E-state index contributed by atoms with van der Waals surface area (Å²) in [4.78, 5) is 0. The van der Waals surface area contributed by atoms with Gasteiger partial charge in [-0.2, -0.15) is 5.10 Å². The van der Waals surface area contributed by atoms with Crippen LogP contribution in [0.3, 0.4) is 0 Å². The molecule has 1 heterocycles. The lowest BCUT2D eigenvalue weighted by atomic mass is 10.3. The zero-order valence-electron chi connectivity index (χ0n) is 8.86. The molecule has 1 fully saturated rings.